The Morgan fingerprint density at radius 1 is 1.00 bits per heavy atom. The van der Waals surface area contributed by atoms with Gasteiger partial charge in [0, 0.05) is 13.1 Å². The third-order valence-corrected chi connectivity index (χ3v) is 4.50. The summed E-state index contributed by atoms with van der Waals surface area (Å²) in [5.41, 5.74) is -0.812. The molecule has 19 heavy (non-hydrogen) atoms. The Kier molecular flexibility index (Phi) is 4.81. The maximum absolute atomic E-state index is 10.5. The van der Waals surface area contributed by atoms with E-state index in [4.69, 9.17) is 0 Å². The van der Waals surface area contributed by atoms with Crippen molar-refractivity contribution in [2.24, 2.45) is 0 Å². The highest BCUT2D eigenvalue weighted by molar-refractivity contribution is 4.97. The van der Waals surface area contributed by atoms with Gasteiger partial charge in [0.1, 0.15) is 12.2 Å². The van der Waals surface area contributed by atoms with E-state index in [-0.39, 0.29) is 13.2 Å². The first-order chi connectivity index (χ1) is 8.97. The molecule has 6 nitrogen and oxygen atoms in total. The Hall–Kier alpha value is -0.240. The molecule has 1 saturated carbocycles. The monoisotopic (exact) mass is 275 g/mol. The van der Waals surface area contributed by atoms with Crippen LogP contribution in [-0.4, -0.2) is 80.1 Å². The second-order valence-electron chi connectivity index (χ2n) is 6.01. The van der Waals surface area contributed by atoms with Gasteiger partial charge >= 0.3 is 0 Å². The van der Waals surface area contributed by atoms with E-state index < -0.39 is 30.0 Å². The lowest BCUT2D eigenvalue weighted by molar-refractivity contribution is -0.160. The minimum atomic E-state index is -1.24. The van der Waals surface area contributed by atoms with Crippen LogP contribution in [0.1, 0.15) is 32.1 Å². The van der Waals surface area contributed by atoms with Crippen LogP contribution in [0.3, 0.4) is 0 Å². The molecule has 1 aliphatic heterocycles. The van der Waals surface area contributed by atoms with Crippen LogP contribution in [0.4, 0.5) is 0 Å². The summed E-state index contributed by atoms with van der Waals surface area (Å²) in [4.78, 5) is 1.70. The predicted octanol–water partition coefficient (Wildman–Crippen LogP) is -1.56. The van der Waals surface area contributed by atoms with Crippen LogP contribution >= 0.6 is 0 Å². The van der Waals surface area contributed by atoms with Crippen LogP contribution < -0.4 is 0 Å². The second-order valence-corrected chi connectivity index (χ2v) is 6.01. The van der Waals surface area contributed by atoms with Gasteiger partial charge in [0.2, 0.25) is 0 Å². The smallest absolute Gasteiger partial charge is 0.109 e. The highest BCUT2D eigenvalue weighted by atomic mass is 16.4. The van der Waals surface area contributed by atoms with E-state index in [2.05, 4.69) is 0 Å². The summed E-state index contributed by atoms with van der Waals surface area (Å²) < 4.78 is 0. The molecule has 0 bridgehead atoms. The summed E-state index contributed by atoms with van der Waals surface area (Å²) >= 11 is 0. The zero-order valence-corrected chi connectivity index (χ0v) is 11.1. The first kappa shape index (κ1) is 15.2. The summed E-state index contributed by atoms with van der Waals surface area (Å²) in [6.07, 6.45) is 0.993. The molecule has 2 aliphatic rings. The van der Waals surface area contributed by atoms with Crippen LogP contribution in [0.15, 0.2) is 0 Å². The third kappa shape index (κ3) is 3.26. The maximum Gasteiger partial charge on any atom is 0.109 e. The Balaban J connectivity index is 2.04. The van der Waals surface area contributed by atoms with Gasteiger partial charge in [-0.05, 0) is 12.8 Å². The van der Waals surface area contributed by atoms with Gasteiger partial charge in [-0.15, -0.1) is 0 Å². The SMILES string of the molecule is OC[C@@H]1[C@@H](O)[C@H](O)[C@@H](O)CN1CC1(O)CCCCC1. The van der Waals surface area contributed by atoms with Gasteiger partial charge in [-0.25, -0.2) is 0 Å². The Labute approximate surface area is 113 Å². The van der Waals surface area contributed by atoms with E-state index in [0.717, 1.165) is 19.3 Å². The zero-order valence-electron chi connectivity index (χ0n) is 11.1. The van der Waals surface area contributed by atoms with Crippen molar-refractivity contribution in [2.75, 3.05) is 19.7 Å². The first-order valence-electron chi connectivity index (χ1n) is 7.08. The highest BCUT2D eigenvalue weighted by Crippen LogP contribution is 2.31. The topological polar surface area (TPSA) is 104 Å². The summed E-state index contributed by atoms with van der Waals surface area (Å²) in [6, 6.07) is -0.635. The molecule has 1 heterocycles. The molecule has 0 aromatic rings. The Morgan fingerprint density at radius 3 is 2.21 bits per heavy atom. The molecule has 0 amide bonds. The fraction of sp³-hybridized carbons (Fsp3) is 1.00. The summed E-state index contributed by atoms with van der Waals surface area (Å²) in [5.74, 6) is 0. The van der Waals surface area contributed by atoms with E-state index in [0.29, 0.717) is 19.4 Å². The van der Waals surface area contributed by atoms with Crippen LogP contribution in [0, 0.1) is 0 Å². The fourth-order valence-electron chi connectivity index (χ4n) is 3.31. The zero-order chi connectivity index (χ0) is 14.0. The van der Waals surface area contributed by atoms with Gasteiger partial charge in [0.05, 0.1) is 24.4 Å². The first-order valence-corrected chi connectivity index (χ1v) is 7.08. The van der Waals surface area contributed by atoms with Crippen molar-refractivity contribution in [3.05, 3.63) is 0 Å². The predicted molar refractivity (Wildman–Crippen MR) is 68.5 cm³/mol. The standard InChI is InChI=1S/C13H25NO5/c15-7-9-11(17)12(18)10(16)6-14(9)8-13(19)4-2-1-3-5-13/h9-12,15-19H,1-8H2/t9-,10+,11-,12-/m1/s1. The second kappa shape index (κ2) is 6.03. The number of aliphatic hydroxyl groups excluding tert-OH is 4. The normalized spacial score (nSPS) is 40.3. The van der Waals surface area contributed by atoms with Gasteiger partial charge in [0.15, 0.2) is 0 Å². The van der Waals surface area contributed by atoms with Crippen molar-refractivity contribution < 1.29 is 25.5 Å². The number of hydrogen-bond acceptors (Lipinski definition) is 6. The molecule has 0 aromatic carbocycles. The van der Waals surface area contributed by atoms with Gasteiger partial charge in [0.25, 0.3) is 0 Å². The molecule has 112 valence electrons. The van der Waals surface area contributed by atoms with Gasteiger partial charge < -0.3 is 25.5 Å². The van der Waals surface area contributed by atoms with E-state index in [1.807, 2.05) is 0 Å². The van der Waals surface area contributed by atoms with Crippen molar-refractivity contribution in [1.82, 2.24) is 4.90 Å². The van der Waals surface area contributed by atoms with E-state index in [1.165, 1.54) is 0 Å². The summed E-state index contributed by atoms with van der Waals surface area (Å²) in [5, 5.41) is 49.2. The molecule has 0 spiro atoms. The molecular weight excluding hydrogens is 250 g/mol. The van der Waals surface area contributed by atoms with Crippen LogP contribution in [0.5, 0.6) is 0 Å². The highest BCUT2D eigenvalue weighted by Gasteiger charge is 2.43. The molecule has 1 aliphatic carbocycles. The van der Waals surface area contributed by atoms with Gasteiger partial charge in [-0.1, -0.05) is 19.3 Å². The Morgan fingerprint density at radius 2 is 1.63 bits per heavy atom. The quantitative estimate of drug-likeness (QED) is 0.427. The van der Waals surface area contributed by atoms with E-state index >= 15 is 0 Å². The molecule has 0 aromatic heterocycles. The number of likely N-dealkylation sites (tertiary alicyclic amines) is 1. The molecule has 0 radical (unpaired) electrons. The number of piperidine rings is 1. The molecule has 5 N–H and O–H groups in total. The van der Waals surface area contributed by atoms with Crippen molar-refractivity contribution in [3.63, 3.8) is 0 Å². The lowest BCUT2D eigenvalue weighted by atomic mass is 9.83. The van der Waals surface area contributed by atoms with Crippen molar-refractivity contribution in [2.45, 2.75) is 62.1 Å². The Bertz CT molecular complexity index is 295. The minimum absolute atomic E-state index is 0.158. The lowest BCUT2D eigenvalue weighted by Crippen LogP contribution is -2.64. The van der Waals surface area contributed by atoms with Gasteiger partial charge in [-0.3, -0.25) is 4.90 Å². The van der Waals surface area contributed by atoms with Crippen LogP contribution in [-0.2, 0) is 0 Å². The number of aliphatic hydroxyl groups is 5. The van der Waals surface area contributed by atoms with E-state index in [9.17, 15) is 25.5 Å². The summed E-state index contributed by atoms with van der Waals surface area (Å²) in [7, 11) is 0. The molecule has 0 unspecified atom stereocenters. The maximum atomic E-state index is 10.5. The minimum Gasteiger partial charge on any atom is -0.395 e. The van der Waals surface area contributed by atoms with Gasteiger partial charge in [-0.2, -0.15) is 0 Å². The number of rotatable bonds is 3. The molecule has 6 heteroatoms. The van der Waals surface area contributed by atoms with Crippen LogP contribution in [0.25, 0.3) is 0 Å². The average Bonchev–Trinajstić information content (AvgIpc) is 2.37. The van der Waals surface area contributed by atoms with Crippen molar-refractivity contribution >= 4 is 0 Å². The molecule has 1 saturated heterocycles. The number of β-amino-alcohol motifs (C(OH)–C–C–N with tert-alkyl or cyclic N) is 2. The molecule has 2 rings (SSSR count). The molecular formula is C13H25NO5. The fourth-order valence-corrected chi connectivity index (χ4v) is 3.31. The average molecular weight is 275 g/mol. The largest absolute Gasteiger partial charge is 0.395 e. The lowest BCUT2D eigenvalue weighted by Gasteiger charge is -2.46. The van der Waals surface area contributed by atoms with Crippen LogP contribution in [0.2, 0.25) is 0 Å². The van der Waals surface area contributed by atoms with E-state index in [1.54, 1.807) is 4.90 Å². The number of nitrogens with zero attached hydrogens (tertiary/aromatic N) is 1. The van der Waals surface area contributed by atoms with Crippen molar-refractivity contribution in [1.29, 1.82) is 0 Å². The molecule has 2 fully saturated rings. The van der Waals surface area contributed by atoms with Crippen molar-refractivity contribution in [3.8, 4) is 0 Å². The molecule has 4 atom stereocenters. The number of hydrogen-bond donors (Lipinski definition) is 5. The summed E-state index contributed by atoms with van der Waals surface area (Å²) in [6.45, 7) is 0.172. The third-order valence-electron chi connectivity index (χ3n) is 4.50.